The lowest BCUT2D eigenvalue weighted by Crippen LogP contribution is -2.36. The molecule has 0 bridgehead atoms. The number of aromatic amines is 1. The molecule has 5 aromatic rings. The summed E-state index contributed by atoms with van der Waals surface area (Å²) in [6.45, 7) is 3.72. The number of fused-ring (bicyclic) bond motifs is 2. The predicted octanol–water partition coefficient (Wildman–Crippen LogP) is 5.09. The van der Waals surface area contributed by atoms with E-state index in [1.165, 1.54) is 0 Å². The molecule has 11 heteroatoms. The monoisotopic (exact) mass is 532 g/mol. The second-order valence-corrected chi connectivity index (χ2v) is 9.25. The van der Waals surface area contributed by atoms with Gasteiger partial charge in [0.15, 0.2) is 17.5 Å². The van der Waals surface area contributed by atoms with Gasteiger partial charge in [0, 0.05) is 18.7 Å². The molecule has 0 aliphatic rings. The van der Waals surface area contributed by atoms with Crippen LogP contribution in [-0.2, 0) is 7.05 Å². The van der Waals surface area contributed by atoms with E-state index in [1.54, 1.807) is 67.9 Å². The summed E-state index contributed by atoms with van der Waals surface area (Å²) in [6, 6.07) is 14.1. The number of nitrogens with zero attached hydrogens (tertiary/aromatic N) is 4. The van der Waals surface area contributed by atoms with Crippen LogP contribution in [0.5, 0.6) is 5.75 Å². The summed E-state index contributed by atoms with van der Waals surface area (Å²) in [5.74, 6) is -3.12. The number of carbonyl (C=O) groups is 1. The van der Waals surface area contributed by atoms with E-state index in [-0.39, 0.29) is 35.4 Å². The average molecular weight is 533 g/mol. The molecule has 8 nitrogen and oxygen atoms in total. The summed E-state index contributed by atoms with van der Waals surface area (Å²) >= 11 is 0. The maximum Gasteiger partial charge on any atom is 0.251 e. The average Bonchev–Trinajstić information content (AvgIpc) is 3.52. The van der Waals surface area contributed by atoms with E-state index in [0.29, 0.717) is 39.8 Å². The molecule has 0 saturated heterocycles. The molecule has 2 aromatic heterocycles. The van der Waals surface area contributed by atoms with Gasteiger partial charge in [0.2, 0.25) is 0 Å². The third-order valence-electron chi connectivity index (χ3n) is 6.48. The first kappa shape index (κ1) is 25.8. The van der Waals surface area contributed by atoms with E-state index in [1.807, 2.05) is 0 Å². The Bertz CT molecular complexity index is 1770. The van der Waals surface area contributed by atoms with E-state index >= 15 is 0 Å². The summed E-state index contributed by atoms with van der Waals surface area (Å²) in [4.78, 5) is 24.4. The Labute approximate surface area is 221 Å². The van der Waals surface area contributed by atoms with Gasteiger partial charge < -0.3 is 19.6 Å². The number of hydrogen-bond donors (Lipinski definition) is 2. The topological polar surface area (TPSA) is 109 Å². The van der Waals surface area contributed by atoms with Crippen LogP contribution in [0.3, 0.4) is 0 Å². The van der Waals surface area contributed by atoms with E-state index in [2.05, 4.69) is 26.3 Å². The number of ether oxygens (including phenoxy) is 1. The third kappa shape index (κ3) is 4.77. The quantitative estimate of drug-likeness (QED) is 0.284. The number of nitrogens with one attached hydrogen (secondary N) is 2. The lowest BCUT2D eigenvalue weighted by atomic mass is 10.1. The molecule has 0 spiro atoms. The van der Waals surface area contributed by atoms with Gasteiger partial charge in [-0.05, 0) is 44.2 Å². The number of H-pyrrole nitrogens is 1. The summed E-state index contributed by atoms with van der Waals surface area (Å²) in [7, 11) is 1.76. The molecule has 198 valence electrons. The van der Waals surface area contributed by atoms with Crippen LogP contribution in [0.4, 0.5) is 13.2 Å². The normalized spacial score (nSPS) is 12.8. The zero-order valence-corrected chi connectivity index (χ0v) is 21.2. The summed E-state index contributed by atoms with van der Waals surface area (Å²) < 4.78 is 49.5. The van der Waals surface area contributed by atoms with Gasteiger partial charge in [0.25, 0.3) is 5.91 Å². The van der Waals surface area contributed by atoms with Crippen LogP contribution in [0.25, 0.3) is 22.1 Å². The van der Waals surface area contributed by atoms with Crippen molar-refractivity contribution in [2.75, 3.05) is 6.61 Å². The fourth-order valence-electron chi connectivity index (χ4n) is 4.40. The molecule has 2 heterocycles. The number of nitriles is 1. The van der Waals surface area contributed by atoms with Gasteiger partial charge in [-0.1, -0.05) is 12.1 Å². The standard InChI is InChI=1S/C28H23F3N6O2/c1-14(13-39-22-7-5-4-6-17(22)12-32)33-28(38)16-8-9-20-21(10-16)37(3)27(34-20)15(2)26-35-24-19(30)11-18(29)23(31)25(24)36-26/h4-11,14-15H,13H2,1-3H3,(H,33,38)(H,35,36)/t14-,15?/m0/s1. The number of imidazole rings is 2. The molecule has 3 aromatic carbocycles. The van der Waals surface area contributed by atoms with Gasteiger partial charge in [-0.25, -0.2) is 23.1 Å². The van der Waals surface area contributed by atoms with E-state index in [0.717, 1.165) is 0 Å². The highest BCUT2D eigenvalue weighted by Crippen LogP contribution is 2.29. The highest BCUT2D eigenvalue weighted by Gasteiger charge is 2.24. The molecule has 39 heavy (non-hydrogen) atoms. The van der Waals surface area contributed by atoms with Crippen LogP contribution in [0.2, 0.25) is 0 Å². The first-order valence-electron chi connectivity index (χ1n) is 12.1. The minimum absolute atomic E-state index is 0.169. The molecule has 0 aliphatic carbocycles. The maximum atomic E-state index is 14.2. The smallest absolute Gasteiger partial charge is 0.251 e. The second kappa shape index (κ2) is 10.1. The first-order chi connectivity index (χ1) is 18.7. The highest BCUT2D eigenvalue weighted by molar-refractivity contribution is 5.97. The van der Waals surface area contributed by atoms with Crippen molar-refractivity contribution in [3.05, 3.63) is 88.8 Å². The van der Waals surface area contributed by atoms with Crippen molar-refractivity contribution >= 4 is 28.0 Å². The van der Waals surface area contributed by atoms with E-state index < -0.39 is 23.4 Å². The molecule has 2 atom stereocenters. The molecule has 2 N–H and O–H groups in total. The number of carbonyl (C=O) groups excluding carboxylic acids is 1. The lowest BCUT2D eigenvalue weighted by Gasteiger charge is -2.16. The number of amides is 1. The minimum atomic E-state index is -1.30. The highest BCUT2D eigenvalue weighted by atomic mass is 19.2. The van der Waals surface area contributed by atoms with Crippen LogP contribution in [-0.4, -0.2) is 38.1 Å². The molecule has 0 aliphatic heterocycles. The van der Waals surface area contributed by atoms with Crippen molar-refractivity contribution < 1.29 is 22.7 Å². The number of rotatable bonds is 7. The minimum Gasteiger partial charge on any atom is -0.490 e. The van der Waals surface area contributed by atoms with Crippen molar-refractivity contribution in [2.45, 2.75) is 25.8 Å². The number of para-hydroxylation sites is 1. The number of aromatic nitrogens is 4. The van der Waals surface area contributed by atoms with Gasteiger partial charge in [-0.3, -0.25) is 4.79 Å². The largest absolute Gasteiger partial charge is 0.490 e. The van der Waals surface area contributed by atoms with Gasteiger partial charge in [0.05, 0.1) is 28.6 Å². The van der Waals surface area contributed by atoms with Crippen molar-refractivity contribution in [3.8, 4) is 11.8 Å². The Hall–Kier alpha value is -4.85. The predicted molar refractivity (Wildman–Crippen MR) is 138 cm³/mol. The van der Waals surface area contributed by atoms with Crippen LogP contribution in [0, 0.1) is 28.8 Å². The van der Waals surface area contributed by atoms with Crippen LogP contribution in [0.15, 0.2) is 48.5 Å². The van der Waals surface area contributed by atoms with E-state index in [4.69, 9.17) is 4.74 Å². The molecular weight excluding hydrogens is 509 g/mol. The number of benzene rings is 3. The fraction of sp³-hybridized carbons (Fsp3) is 0.214. The van der Waals surface area contributed by atoms with Gasteiger partial charge in [-0.15, -0.1) is 0 Å². The van der Waals surface area contributed by atoms with Crippen LogP contribution in [0.1, 0.15) is 47.3 Å². The Balaban J connectivity index is 1.35. The number of aryl methyl sites for hydroxylation is 1. The molecule has 0 radical (unpaired) electrons. The van der Waals surface area contributed by atoms with E-state index in [9.17, 15) is 23.2 Å². The van der Waals surface area contributed by atoms with Crippen molar-refractivity contribution in [1.29, 1.82) is 5.26 Å². The molecule has 5 rings (SSSR count). The zero-order valence-electron chi connectivity index (χ0n) is 21.2. The fourth-order valence-corrected chi connectivity index (χ4v) is 4.40. The van der Waals surface area contributed by atoms with Crippen molar-refractivity contribution in [3.63, 3.8) is 0 Å². The third-order valence-corrected chi connectivity index (χ3v) is 6.48. The molecule has 1 unspecified atom stereocenters. The Morgan fingerprint density at radius 3 is 2.67 bits per heavy atom. The zero-order chi connectivity index (χ0) is 27.8. The SMILES string of the molecule is CC(c1nc2c(F)cc(F)c(F)c2[nH]1)c1nc2ccc(C(=O)N[C@@H](C)COc3ccccc3C#N)cc2n1C. The Morgan fingerprint density at radius 1 is 1.13 bits per heavy atom. The van der Waals surface area contributed by atoms with Crippen molar-refractivity contribution in [1.82, 2.24) is 24.8 Å². The summed E-state index contributed by atoms with van der Waals surface area (Å²) in [6.07, 6.45) is 0. The number of hydrogen-bond acceptors (Lipinski definition) is 5. The Morgan fingerprint density at radius 2 is 1.90 bits per heavy atom. The van der Waals surface area contributed by atoms with Crippen LogP contribution < -0.4 is 10.1 Å². The number of halogens is 3. The summed E-state index contributed by atoms with van der Waals surface area (Å²) in [5, 5.41) is 12.1. The first-order valence-corrected chi connectivity index (χ1v) is 12.1. The van der Waals surface area contributed by atoms with Crippen LogP contribution >= 0.6 is 0 Å². The van der Waals surface area contributed by atoms with Gasteiger partial charge >= 0.3 is 0 Å². The molecular formula is C28H23F3N6O2. The lowest BCUT2D eigenvalue weighted by molar-refractivity contribution is 0.0926. The van der Waals surface area contributed by atoms with Crippen molar-refractivity contribution in [2.24, 2.45) is 7.05 Å². The second-order valence-electron chi connectivity index (χ2n) is 9.25. The molecule has 1 amide bonds. The summed E-state index contributed by atoms with van der Waals surface area (Å²) in [5.41, 5.74) is 1.45. The maximum absolute atomic E-state index is 14.2. The molecule has 0 fully saturated rings. The van der Waals surface area contributed by atoms with Gasteiger partial charge in [0.1, 0.15) is 41.1 Å². The Kier molecular flexibility index (Phi) is 6.70. The molecule has 0 saturated carbocycles. The van der Waals surface area contributed by atoms with Gasteiger partial charge in [-0.2, -0.15) is 5.26 Å².